The largest absolute Gasteiger partial charge is 0.490 e. The van der Waals surface area contributed by atoms with E-state index in [1.165, 1.54) is 11.0 Å². The molecule has 0 bridgehead atoms. The van der Waals surface area contributed by atoms with Crippen LogP contribution in [0.15, 0.2) is 18.2 Å². The van der Waals surface area contributed by atoms with Crippen LogP contribution in [0.4, 0.5) is 0 Å². The first kappa shape index (κ1) is 23.0. The lowest BCUT2D eigenvalue weighted by molar-refractivity contribution is -0.136. The van der Waals surface area contributed by atoms with E-state index in [-0.39, 0.29) is 23.1 Å². The molecule has 29 heavy (non-hydrogen) atoms. The van der Waals surface area contributed by atoms with Crippen molar-refractivity contribution >= 4 is 21.7 Å². The number of carbonyl (C=O) groups excluding carboxylic acids is 2. The maximum absolute atomic E-state index is 12.5. The van der Waals surface area contributed by atoms with Crippen LogP contribution in [0, 0.1) is 0 Å². The van der Waals surface area contributed by atoms with Gasteiger partial charge in [0, 0.05) is 12.6 Å². The minimum absolute atomic E-state index is 0.0442. The van der Waals surface area contributed by atoms with Crippen LogP contribution in [0.5, 0.6) is 11.5 Å². The molecular weight excluding hydrogens is 398 g/mol. The number of amides is 1. The lowest BCUT2D eigenvalue weighted by atomic mass is 10.2. The Morgan fingerprint density at radius 3 is 2.48 bits per heavy atom. The zero-order valence-corrected chi connectivity index (χ0v) is 18.0. The van der Waals surface area contributed by atoms with Gasteiger partial charge in [0.15, 0.2) is 27.9 Å². The van der Waals surface area contributed by atoms with E-state index in [4.69, 9.17) is 14.2 Å². The third kappa shape index (κ3) is 6.35. The third-order valence-electron chi connectivity index (χ3n) is 4.58. The van der Waals surface area contributed by atoms with E-state index in [1.807, 2.05) is 13.8 Å². The summed E-state index contributed by atoms with van der Waals surface area (Å²) in [5.41, 5.74) is 0.247. The van der Waals surface area contributed by atoms with Gasteiger partial charge in [0.05, 0.1) is 30.3 Å². The molecule has 0 aliphatic carbocycles. The smallest absolute Gasteiger partial charge is 0.338 e. The van der Waals surface area contributed by atoms with Gasteiger partial charge in [-0.1, -0.05) is 6.92 Å². The summed E-state index contributed by atoms with van der Waals surface area (Å²) in [6, 6.07) is 4.36. The molecule has 1 aromatic carbocycles. The lowest BCUT2D eigenvalue weighted by Gasteiger charge is -2.26. The molecule has 1 aromatic rings. The van der Waals surface area contributed by atoms with Crippen LogP contribution in [0.3, 0.4) is 0 Å². The quantitative estimate of drug-likeness (QED) is 0.527. The van der Waals surface area contributed by atoms with E-state index >= 15 is 0 Å². The Morgan fingerprint density at radius 1 is 1.14 bits per heavy atom. The molecule has 1 aliphatic heterocycles. The van der Waals surface area contributed by atoms with Crippen LogP contribution >= 0.6 is 0 Å². The number of nitrogens with zero attached hydrogens (tertiary/aromatic N) is 1. The van der Waals surface area contributed by atoms with Gasteiger partial charge in [-0.25, -0.2) is 13.2 Å². The van der Waals surface area contributed by atoms with Crippen LogP contribution < -0.4 is 9.47 Å². The standard InChI is InChI=1S/C20H29NO7S/c1-4-10-27-17-8-7-15(12-18(17)26-6-3)20(23)28-13-19(22)21(5-2)16-9-11-29(24,25)14-16/h7-8,12,16H,4-6,9-11,13-14H2,1-3H3. The Hall–Kier alpha value is -2.29. The van der Waals surface area contributed by atoms with Crippen molar-refractivity contribution in [3.63, 3.8) is 0 Å². The number of ether oxygens (including phenoxy) is 3. The zero-order valence-electron chi connectivity index (χ0n) is 17.2. The second-order valence-corrected chi connectivity index (χ2v) is 8.98. The first-order chi connectivity index (χ1) is 13.8. The number of sulfone groups is 1. The number of hydrogen-bond donors (Lipinski definition) is 0. The molecule has 0 N–H and O–H groups in total. The van der Waals surface area contributed by atoms with Gasteiger partial charge >= 0.3 is 5.97 Å². The van der Waals surface area contributed by atoms with Crippen LogP contribution in [-0.2, 0) is 19.4 Å². The molecule has 1 heterocycles. The highest BCUT2D eigenvalue weighted by molar-refractivity contribution is 7.91. The van der Waals surface area contributed by atoms with E-state index in [0.29, 0.717) is 37.7 Å². The summed E-state index contributed by atoms with van der Waals surface area (Å²) in [6.45, 7) is 6.45. The molecule has 0 aromatic heterocycles. The van der Waals surface area contributed by atoms with Gasteiger partial charge in [-0.3, -0.25) is 4.79 Å². The predicted molar refractivity (Wildman–Crippen MR) is 108 cm³/mol. The van der Waals surface area contributed by atoms with Gasteiger partial charge in [-0.2, -0.15) is 0 Å². The van der Waals surface area contributed by atoms with E-state index in [0.717, 1.165) is 6.42 Å². The second kappa shape index (κ2) is 10.5. The highest BCUT2D eigenvalue weighted by Crippen LogP contribution is 2.29. The topological polar surface area (TPSA) is 99.2 Å². The zero-order chi connectivity index (χ0) is 21.4. The van der Waals surface area contributed by atoms with Crippen molar-refractivity contribution in [1.29, 1.82) is 0 Å². The molecule has 1 aliphatic rings. The molecule has 1 atom stereocenters. The van der Waals surface area contributed by atoms with Crippen molar-refractivity contribution in [3.8, 4) is 11.5 Å². The summed E-state index contributed by atoms with van der Waals surface area (Å²) in [5, 5.41) is 0. The van der Waals surface area contributed by atoms with E-state index < -0.39 is 28.3 Å². The number of hydrogen-bond acceptors (Lipinski definition) is 7. The minimum atomic E-state index is -3.11. The van der Waals surface area contributed by atoms with Crippen molar-refractivity contribution in [1.82, 2.24) is 4.90 Å². The van der Waals surface area contributed by atoms with Crippen molar-refractivity contribution < 1.29 is 32.2 Å². The summed E-state index contributed by atoms with van der Waals surface area (Å²) in [4.78, 5) is 26.3. The molecule has 162 valence electrons. The number of benzene rings is 1. The summed E-state index contributed by atoms with van der Waals surface area (Å²) in [6.07, 6.45) is 1.25. The molecule has 9 heteroatoms. The molecule has 1 amide bonds. The van der Waals surface area contributed by atoms with Crippen LogP contribution in [0.1, 0.15) is 44.0 Å². The second-order valence-electron chi connectivity index (χ2n) is 6.76. The van der Waals surface area contributed by atoms with Crippen LogP contribution in [0.25, 0.3) is 0 Å². The molecule has 0 spiro atoms. The molecule has 1 unspecified atom stereocenters. The van der Waals surface area contributed by atoms with Gasteiger partial charge in [-0.05, 0) is 44.9 Å². The molecule has 0 saturated carbocycles. The minimum Gasteiger partial charge on any atom is -0.490 e. The number of rotatable bonds is 10. The highest BCUT2D eigenvalue weighted by Gasteiger charge is 2.34. The average molecular weight is 428 g/mol. The molecule has 8 nitrogen and oxygen atoms in total. The average Bonchev–Trinajstić information content (AvgIpc) is 3.05. The maximum atomic E-state index is 12.5. The Bertz CT molecular complexity index is 822. The van der Waals surface area contributed by atoms with Gasteiger partial charge in [0.25, 0.3) is 5.91 Å². The number of esters is 1. The number of likely N-dealkylation sites (N-methyl/N-ethyl adjacent to an activating group) is 1. The van der Waals surface area contributed by atoms with Gasteiger partial charge < -0.3 is 19.1 Å². The molecule has 1 fully saturated rings. The van der Waals surface area contributed by atoms with E-state index in [2.05, 4.69) is 0 Å². The molecule has 0 radical (unpaired) electrons. The Balaban J connectivity index is 2.00. The van der Waals surface area contributed by atoms with Crippen molar-refractivity contribution in [3.05, 3.63) is 23.8 Å². The summed E-state index contributed by atoms with van der Waals surface area (Å²) >= 11 is 0. The van der Waals surface area contributed by atoms with Crippen molar-refractivity contribution in [2.24, 2.45) is 0 Å². The van der Waals surface area contributed by atoms with Gasteiger partial charge in [0.2, 0.25) is 0 Å². The fourth-order valence-electron chi connectivity index (χ4n) is 3.19. The Labute approximate surface area is 172 Å². The van der Waals surface area contributed by atoms with Gasteiger partial charge in [0.1, 0.15) is 0 Å². The molecule has 2 rings (SSSR count). The van der Waals surface area contributed by atoms with Crippen molar-refractivity contribution in [2.45, 2.75) is 39.7 Å². The van der Waals surface area contributed by atoms with Crippen molar-refractivity contribution in [2.75, 3.05) is 37.9 Å². The van der Waals surface area contributed by atoms with Crippen LogP contribution in [-0.4, -0.2) is 69.1 Å². The summed E-state index contributed by atoms with van der Waals surface area (Å²) in [5.74, 6) is -0.0490. The summed E-state index contributed by atoms with van der Waals surface area (Å²) in [7, 11) is -3.11. The first-order valence-corrected chi connectivity index (χ1v) is 11.7. The van der Waals surface area contributed by atoms with Crippen LogP contribution in [0.2, 0.25) is 0 Å². The monoisotopic (exact) mass is 427 g/mol. The maximum Gasteiger partial charge on any atom is 0.338 e. The fourth-order valence-corrected chi connectivity index (χ4v) is 4.92. The highest BCUT2D eigenvalue weighted by atomic mass is 32.2. The third-order valence-corrected chi connectivity index (χ3v) is 6.33. The SMILES string of the molecule is CCCOc1ccc(C(=O)OCC(=O)N(CC)C2CCS(=O)(=O)C2)cc1OCC. The molecule has 1 saturated heterocycles. The number of carbonyl (C=O) groups is 2. The Kier molecular flexibility index (Phi) is 8.31. The van der Waals surface area contributed by atoms with Gasteiger partial charge in [-0.15, -0.1) is 0 Å². The normalized spacial score (nSPS) is 17.6. The lowest BCUT2D eigenvalue weighted by Crippen LogP contribution is -2.43. The fraction of sp³-hybridized carbons (Fsp3) is 0.600. The molecular formula is C20H29NO7S. The predicted octanol–water partition coefficient (Wildman–Crippen LogP) is 2.07. The van der Waals surface area contributed by atoms with E-state index in [1.54, 1.807) is 19.1 Å². The Morgan fingerprint density at radius 2 is 1.90 bits per heavy atom. The summed E-state index contributed by atoms with van der Waals surface area (Å²) < 4.78 is 39.6. The first-order valence-electron chi connectivity index (χ1n) is 9.87. The van der Waals surface area contributed by atoms with E-state index in [9.17, 15) is 18.0 Å².